The molecule has 0 fully saturated rings. The minimum absolute atomic E-state index is 0.905. The second-order valence-corrected chi connectivity index (χ2v) is 4.08. The van der Waals surface area contributed by atoms with Gasteiger partial charge in [-0.3, -0.25) is 0 Å². The highest BCUT2D eigenvalue weighted by Crippen LogP contribution is 2.09. The van der Waals surface area contributed by atoms with Crippen molar-refractivity contribution in [3.8, 4) is 11.8 Å². The maximum atomic E-state index is 3.86. The first-order valence-corrected chi connectivity index (χ1v) is 5.30. The molecule has 0 N–H and O–H groups in total. The summed E-state index contributed by atoms with van der Waals surface area (Å²) in [6.45, 7) is 10.1. The Morgan fingerprint density at radius 3 is 2.67 bits per heavy atom. The van der Waals surface area contributed by atoms with Gasteiger partial charge in [0.1, 0.15) is 0 Å². The molecule has 0 saturated heterocycles. The summed E-state index contributed by atoms with van der Waals surface area (Å²) >= 11 is 0. The van der Waals surface area contributed by atoms with Crippen LogP contribution in [0.3, 0.4) is 0 Å². The van der Waals surface area contributed by atoms with E-state index < -0.39 is 0 Å². The smallest absolute Gasteiger partial charge is 0.0274 e. The van der Waals surface area contributed by atoms with Gasteiger partial charge in [0.15, 0.2) is 0 Å². The van der Waals surface area contributed by atoms with E-state index in [-0.39, 0.29) is 0 Å². The van der Waals surface area contributed by atoms with E-state index in [1.807, 2.05) is 6.92 Å². The fourth-order valence-electron chi connectivity index (χ4n) is 1.39. The molecule has 0 bridgehead atoms. The van der Waals surface area contributed by atoms with E-state index in [2.05, 4.69) is 50.5 Å². The maximum Gasteiger partial charge on any atom is 0.0274 e. The highest BCUT2D eigenvalue weighted by molar-refractivity contribution is 5.42. The van der Waals surface area contributed by atoms with Crippen molar-refractivity contribution in [1.82, 2.24) is 0 Å². The third-order valence-electron chi connectivity index (χ3n) is 2.28. The summed E-state index contributed by atoms with van der Waals surface area (Å²) in [7, 11) is 0. The van der Waals surface area contributed by atoms with Crippen LogP contribution in [0.1, 0.15) is 36.5 Å². The minimum atomic E-state index is 0.905. The summed E-state index contributed by atoms with van der Waals surface area (Å²) in [5.41, 5.74) is 4.89. The van der Waals surface area contributed by atoms with Crippen LogP contribution in [0.15, 0.2) is 30.4 Å². The van der Waals surface area contributed by atoms with Gasteiger partial charge in [0.05, 0.1) is 0 Å². The van der Waals surface area contributed by atoms with E-state index in [1.165, 1.54) is 16.7 Å². The van der Waals surface area contributed by atoms with E-state index in [1.54, 1.807) is 0 Å². The molecule has 1 rings (SSSR count). The molecule has 78 valence electrons. The Balaban J connectivity index is 2.67. The molecule has 0 radical (unpaired) electrons. The van der Waals surface area contributed by atoms with Crippen molar-refractivity contribution in [3.63, 3.8) is 0 Å². The molecule has 1 aromatic carbocycles. The van der Waals surface area contributed by atoms with E-state index in [4.69, 9.17) is 0 Å². The van der Waals surface area contributed by atoms with Crippen molar-refractivity contribution in [1.29, 1.82) is 0 Å². The largest absolute Gasteiger partial charge is 0.100 e. The van der Waals surface area contributed by atoms with Crippen LogP contribution in [0.4, 0.5) is 0 Å². The van der Waals surface area contributed by atoms with Gasteiger partial charge < -0.3 is 0 Å². The number of rotatable bonds is 2. The van der Waals surface area contributed by atoms with Gasteiger partial charge in [0, 0.05) is 12.0 Å². The number of allylic oxidation sites excluding steroid dienone is 1. The van der Waals surface area contributed by atoms with Crippen LogP contribution in [0.2, 0.25) is 0 Å². The summed E-state index contributed by atoms with van der Waals surface area (Å²) in [5.74, 6) is 6.39. The molecule has 0 spiro atoms. The third-order valence-corrected chi connectivity index (χ3v) is 2.28. The lowest BCUT2D eigenvalue weighted by Gasteiger charge is -1.98. The lowest BCUT2D eigenvalue weighted by atomic mass is 10.1. The number of hydrogen-bond acceptors (Lipinski definition) is 0. The molecule has 0 atom stereocenters. The number of aryl methyl sites for hydroxylation is 2. The third kappa shape index (κ3) is 4.04. The predicted octanol–water partition coefficient (Wildman–Crippen LogP) is 4.01. The number of hydrogen-bond donors (Lipinski definition) is 0. The molecule has 0 amide bonds. The molecule has 0 heteroatoms. The molecule has 1 aromatic rings. The van der Waals surface area contributed by atoms with E-state index in [0.717, 1.165) is 18.4 Å². The molecule has 0 aromatic heterocycles. The van der Waals surface area contributed by atoms with Gasteiger partial charge in [-0.2, -0.15) is 0 Å². The van der Waals surface area contributed by atoms with Crippen LogP contribution in [0.25, 0.3) is 0 Å². The Morgan fingerprint density at radius 1 is 1.33 bits per heavy atom. The van der Waals surface area contributed by atoms with Crippen LogP contribution in [-0.4, -0.2) is 0 Å². The Morgan fingerprint density at radius 2 is 2.07 bits per heavy atom. The molecule has 0 aliphatic rings. The summed E-state index contributed by atoms with van der Waals surface area (Å²) in [6.07, 6.45) is 1.90. The zero-order chi connectivity index (χ0) is 11.3. The Kier molecular flexibility index (Phi) is 4.18. The van der Waals surface area contributed by atoms with Gasteiger partial charge in [0.25, 0.3) is 0 Å². The lowest BCUT2D eigenvalue weighted by molar-refractivity contribution is 1.01. The topological polar surface area (TPSA) is 0 Å². The second kappa shape index (κ2) is 5.41. The standard InChI is InChI=1S/C15H18/c1-12(2)7-5-6-8-15-10-9-13(3)11-14(15)4/h9-11H,1,5,7H2,2-4H3. The zero-order valence-electron chi connectivity index (χ0n) is 9.85. The Labute approximate surface area is 93.0 Å². The normalized spacial score (nSPS) is 9.27. The average molecular weight is 198 g/mol. The van der Waals surface area contributed by atoms with Gasteiger partial charge in [0.2, 0.25) is 0 Å². The van der Waals surface area contributed by atoms with Gasteiger partial charge in [-0.15, -0.1) is 6.58 Å². The molecular formula is C15H18. The molecular weight excluding hydrogens is 180 g/mol. The van der Waals surface area contributed by atoms with Crippen LogP contribution >= 0.6 is 0 Å². The molecule has 0 nitrogen and oxygen atoms in total. The van der Waals surface area contributed by atoms with Crippen molar-refractivity contribution in [3.05, 3.63) is 47.0 Å². The van der Waals surface area contributed by atoms with Gasteiger partial charge in [-0.25, -0.2) is 0 Å². The van der Waals surface area contributed by atoms with Crippen LogP contribution < -0.4 is 0 Å². The SMILES string of the molecule is C=C(C)CCC#Cc1ccc(C)cc1C. The van der Waals surface area contributed by atoms with Gasteiger partial charge in [-0.05, 0) is 38.8 Å². The van der Waals surface area contributed by atoms with Crippen molar-refractivity contribution >= 4 is 0 Å². The van der Waals surface area contributed by atoms with E-state index >= 15 is 0 Å². The second-order valence-electron chi connectivity index (χ2n) is 4.08. The summed E-state index contributed by atoms with van der Waals surface area (Å²) in [4.78, 5) is 0. The van der Waals surface area contributed by atoms with E-state index in [9.17, 15) is 0 Å². The first kappa shape index (κ1) is 11.6. The van der Waals surface area contributed by atoms with Crippen molar-refractivity contribution < 1.29 is 0 Å². The fourth-order valence-corrected chi connectivity index (χ4v) is 1.39. The van der Waals surface area contributed by atoms with Crippen LogP contribution in [-0.2, 0) is 0 Å². The Hall–Kier alpha value is -1.48. The van der Waals surface area contributed by atoms with Crippen LogP contribution in [0, 0.1) is 25.7 Å². The summed E-state index contributed by atoms with van der Waals surface area (Å²) < 4.78 is 0. The Bertz CT molecular complexity index is 413. The quantitative estimate of drug-likeness (QED) is 0.497. The maximum absolute atomic E-state index is 3.86. The molecule has 0 saturated carbocycles. The molecule has 0 heterocycles. The van der Waals surface area contributed by atoms with Gasteiger partial charge >= 0.3 is 0 Å². The first-order valence-electron chi connectivity index (χ1n) is 5.30. The average Bonchev–Trinajstić information content (AvgIpc) is 2.14. The first-order chi connectivity index (χ1) is 7.09. The highest BCUT2D eigenvalue weighted by Gasteiger charge is 1.93. The van der Waals surface area contributed by atoms with Gasteiger partial charge in [-0.1, -0.05) is 35.1 Å². The lowest BCUT2D eigenvalue weighted by Crippen LogP contribution is -1.83. The predicted molar refractivity (Wildman–Crippen MR) is 66.8 cm³/mol. The summed E-state index contributed by atoms with van der Waals surface area (Å²) in [6, 6.07) is 6.37. The molecule has 15 heavy (non-hydrogen) atoms. The van der Waals surface area contributed by atoms with E-state index in [0.29, 0.717) is 0 Å². The molecule has 0 aliphatic heterocycles. The zero-order valence-corrected chi connectivity index (χ0v) is 9.85. The monoisotopic (exact) mass is 198 g/mol. The van der Waals surface area contributed by atoms with Crippen molar-refractivity contribution in [2.75, 3.05) is 0 Å². The minimum Gasteiger partial charge on any atom is -0.100 e. The highest BCUT2D eigenvalue weighted by atomic mass is 14.0. The summed E-state index contributed by atoms with van der Waals surface area (Å²) in [5, 5.41) is 0. The molecule has 0 aliphatic carbocycles. The van der Waals surface area contributed by atoms with Crippen molar-refractivity contribution in [2.45, 2.75) is 33.6 Å². The number of benzene rings is 1. The molecule has 0 unspecified atom stereocenters. The van der Waals surface area contributed by atoms with Crippen LogP contribution in [0.5, 0.6) is 0 Å². The van der Waals surface area contributed by atoms with Crippen molar-refractivity contribution in [2.24, 2.45) is 0 Å². The fraction of sp³-hybridized carbons (Fsp3) is 0.333.